The van der Waals surface area contributed by atoms with Crippen LogP contribution in [0.2, 0.25) is 0 Å². The van der Waals surface area contributed by atoms with Gasteiger partial charge < -0.3 is 20.1 Å². The van der Waals surface area contributed by atoms with Gasteiger partial charge in [-0.2, -0.15) is 0 Å². The standard InChI is InChI=1S/C17H33N3O4/c1-12(2)10-14(19-17(22)23-5)16(21)18-11-15(13(3)4)20-6-8-24-9-7-20/h12-15H,6-11H2,1-5H3,(H,18,21)(H,19,22)/t14-,15+/m0/s1. The van der Waals surface area contributed by atoms with Crippen molar-refractivity contribution in [1.29, 1.82) is 0 Å². The van der Waals surface area contributed by atoms with E-state index in [2.05, 4.69) is 34.1 Å². The molecule has 2 N–H and O–H groups in total. The second-order valence-electron chi connectivity index (χ2n) is 7.02. The molecule has 2 atom stereocenters. The fourth-order valence-corrected chi connectivity index (χ4v) is 2.93. The lowest BCUT2D eigenvalue weighted by atomic mass is 10.0. The number of nitrogens with zero attached hydrogens (tertiary/aromatic N) is 1. The molecular weight excluding hydrogens is 310 g/mol. The summed E-state index contributed by atoms with van der Waals surface area (Å²) in [5.41, 5.74) is 0. The van der Waals surface area contributed by atoms with Gasteiger partial charge in [0.15, 0.2) is 0 Å². The van der Waals surface area contributed by atoms with Crippen molar-refractivity contribution < 1.29 is 19.1 Å². The third-order valence-corrected chi connectivity index (χ3v) is 4.27. The molecule has 0 bridgehead atoms. The van der Waals surface area contributed by atoms with E-state index in [1.807, 2.05) is 13.8 Å². The highest BCUT2D eigenvalue weighted by molar-refractivity contribution is 5.85. The lowest BCUT2D eigenvalue weighted by Crippen LogP contribution is -2.54. The molecule has 0 aromatic heterocycles. The predicted molar refractivity (Wildman–Crippen MR) is 92.8 cm³/mol. The number of nitrogens with one attached hydrogen (secondary N) is 2. The fraction of sp³-hybridized carbons (Fsp3) is 0.882. The van der Waals surface area contributed by atoms with Gasteiger partial charge in [0.1, 0.15) is 6.04 Å². The number of hydrogen-bond donors (Lipinski definition) is 2. The topological polar surface area (TPSA) is 79.9 Å². The average Bonchev–Trinajstić information content (AvgIpc) is 2.54. The zero-order valence-electron chi connectivity index (χ0n) is 15.6. The van der Waals surface area contributed by atoms with Crippen LogP contribution in [0.4, 0.5) is 4.79 Å². The summed E-state index contributed by atoms with van der Waals surface area (Å²) < 4.78 is 10.0. The van der Waals surface area contributed by atoms with Crippen molar-refractivity contribution in [3.8, 4) is 0 Å². The maximum Gasteiger partial charge on any atom is 0.407 e. The molecule has 0 aliphatic carbocycles. The van der Waals surface area contributed by atoms with Gasteiger partial charge in [-0.3, -0.25) is 9.69 Å². The minimum absolute atomic E-state index is 0.159. The maximum atomic E-state index is 12.5. The molecule has 0 spiro atoms. The lowest BCUT2D eigenvalue weighted by molar-refractivity contribution is -0.123. The Kier molecular flexibility index (Phi) is 9.07. The van der Waals surface area contributed by atoms with Gasteiger partial charge in [0.05, 0.1) is 20.3 Å². The molecule has 1 aliphatic heterocycles. The van der Waals surface area contributed by atoms with E-state index in [-0.39, 0.29) is 17.9 Å². The Morgan fingerprint density at radius 3 is 2.29 bits per heavy atom. The molecule has 7 nitrogen and oxygen atoms in total. The minimum Gasteiger partial charge on any atom is -0.453 e. The van der Waals surface area contributed by atoms with Crippen LogP contribution in [-0.2, 0) is 14.3 Å². The van der Waals surface area contributed by atoms with Crippen molar-refractivity contribution >= 4 is 12.0 Å². The number of carbonyl (C=O) groups excluding carboxylic acids is 2. The highest BCUT2D eigenvalue weighted by Crippen LogP contribution is 2.13. The monoisotopic (exact) mass is 343 g/mol. The minimum atomic E-state index is -0.579. The zero-order chi connectivity index (χ0) is 18.1. The third-order valence-electron chi connectivity index (χ3n) is 4.27. The lowest BCUT2D eigenvalue weighted by Gasteiger charge is -2.37. The van der Waals surface area contributed by atoms with Gasteiger partial charge in [-0.05, 0) is 18.3 Å². The Bertz CT molecular complexity index is 395. The molecule has 24 heavy (non-hydrogen) atoms. The summed E-state index contributed by atoms with van der Waals surface area (Å²) in [7, 11) is 1.30. The maximum absolute atomic E-state index is 12.5. The van der Waals surface area contributed by atoms with Crippen LogP contribution in [0.1, 0.15) is 34.1 Å². The Morgan fingerprint density at radius 1 is 1.17 bits per heavy atom. The number of hydrogen-bond acceptors (Lipinski definition) is 5. The molecule has 1 rings (SSSR count). The zero-order valence-corrected chi connectivity index (χ0v) is 15.6. The number of ether oxygens (including phenoxy) is 2. The summed E-state index contributed by atoms with van der Waals surface area (Å²) in [6.07, 6.45) is -0.00503. The van der Waals surface area contributed by atoms with Crippen LogP contribution >= 0.6 is 0 Å². The van der Waals surface area contributed by atoms with Crippen molar-refractivity contribution in [2.24, 2.45) is 11.8 Å². The van der Waals surface area contributed by atoms with Gasteiger partial charge in [-0.1, -0.05) is 27.7 Å². The van der Waals surface area contributed by atoms with Crippen LogP contribution in [0.3, 0.4) is 0 Å². The average molecular weight is 343 g/mol. The van der Waals surface area contributed by atoms with E-state index in [1.54, 1.807) is 0 Å². The van der Waals surface area contributed by atoms with Crippen LogP contribution in [0.25, 0.3) is 0 Å². The summed E-state index contributed by atoms with van der Waals surface area (Å²) in [6.45, 7) is 12.1. The first-order valence-electron chi connectivity index (χ1n) is 8.79. The first-order valence-corrected chi connectivity index (χ1v) is 8.79. The number of alkyl carbamates (subject to hydrolysis) is 1. The Morgan fingerprint density at radius 2 is 1.79 bits per heavy atom. The Hall–Kier alpha value is -1.34. The van der Waals surface area contributed by atoms with Crippen molar-refractivity contribution in [3.63, 3.8) is 0 Å². The van der Waals surface area contributed by atoms with Gasteiger partial charge in [0.2, 0.25) is 5.91 Å². The molecule has 1 fully saturated rings. The van der Waals surface area contributed by atoms with Crippen LogP contribution in [0.5, 0.6) is 0 Å². The second kappa shape index (κ2) is 10.5. The normalized spacial score (nSPS) is 18.3. The van der Waals surface area contributed by atoms with Crippen LogP contribution in [0, 0.1) is 11.8 Å². The van der Waals surface area contributed by atoms with E-state index in [0.29, 0.717) is 18.9 Å². The van der Waals surface area contributed by atoms with Gasteiger partial charge in [0, 0.05) is 25.7 Å². The second-order valence-corrected chi connectivity index (χ2v) is 7.02. The van der Waals surface area contributed by atoms with Crippen molar-refractivity contribution in [2.75, 3.05) is 40.0 Å². The van der Waals surface area contributed by atoms with E-state index < -0.39 is 12.1 Å². The quantitative estimate of drug-likeness (QED) is 0.693. The van der Waals surface area contributed by atoms with E-state index in [9.17, 15) is 9.59 Å². The number of amides is 2. The summed E-state index contributed by atoms with van der Waals surface area (Å²) in [5.74, 6) is 0.548. The molecule has 2 amide bonds. The van der Waals surface area contributed by atoms with Crippen molar-refractivity contribution in [2.45, 2.75) is 46.2 Å². The molecular formula is C17H33N3O4. The van der Waals surface area contributed by atoms with E-state index in [4.69, 9.17) is 4.74 Å². The predicted octanol–water partition coefficient (Wildman–Crippen LogP) is 1.23. The van der Waals surface area contributed by atoms with Crippen molar-refractivity contribution in [1.82, 2.24) is 15.5 Å². The largest absolute Gasteiger partial charge is 0.453 e. The molecule has 140 valence electrons. The summed E-state index contributed by atoms with van der Waals surface area (Å²) in [6, 6.07) is -0.314. The fourth-order valence-electron chi connectivity index (χ4n) is 2.93. The summed E-state index contributed by atoms with van der Waals surface area (Å²) in [4.78, 5) is 26.3. The first kappa shape index (κ1) is 20.7. The highest BCUT2D eigenvalue weighted by atomic mass is 16.5. The van der Waals surface area contributed by atoms with Gasteiger partial charge >= 0.3 is 6.09 Å². The van der Waals surface area contributed by atoms with Gasteiger partial charge in [-0.15, -0.1) is 0 Å². The van der Waals surface area contributed by atoms with Crippen LogP contribution in [-0.4, -0.2) is 68.9 Å². The van der Waals surface area contributed by atoms with Crippen LogP contribution < -0.4 is 10.6 Å². The third kappa shape index (κ3) is 7.05. The summed E-state index contributed by atoms with van der Waals surface area (Å²) in [5, 5.41) is 5.63. The smallest absolute Gasteiger partial charge is 0.407 e. The molecule has 7 heteroatoms. The van der Waals surface area contributed by atoms with Gasteiger partial charge in [-0.25, -0.2) is 4.79 Å². The molecule has 1 saturated heterocycles. The van der Waals surface area contributed by atoms with E-state index >= 15 is 0 Å². The highest BCUT2D eigenvalue weighted by Gasteiger charge is 2.27. The number of rotatable bonds is 8. The van der Waals surface area contributed by atoms with Crippen molar-refractivity contribution in [3.05, 3.63) is 0 Å². The van der Waals surface area contributed by atoms with E-state index in [0.717, 1.165) is 26.3 Å². The Labute approximate surface area is 145 Å². The molecule has 0 aromatic rings. The summed E-state index contributed by atoms with van der Waals surface area (Å²) >= 11 is 0. The molecule has 0 radical (unpaired) electrons. The van der Waals surface area contributed by atoms with E-state index in [1.165, 1.54) is 7.11 Å². The molecule has 1 heterocycles. The molecule has 0 aromatic carbocycles. The molecule has 0 unspecified atom stereocenters. The first-order chi connectivity index (χ1) is 11.3. The molecule has 0 saturated carbocycles. The Balaban J connectivity index is 2.61. The SMILES string of the molecule is COC(=O)N[C@@H](CC(C)C)C(=O)NC[C@H](C(C)C)N1CCOCC1. The number of morpholine rings is 1. The number of carbonyl (C=O) groups is 2. The number of methoxy groups -OCH3 is 1. The van der Waals surface area contributed by atoms with Crippen LogP contribution in [0.15, 0.2) is 0 Å². The van der Waals surface area contributed by atoms with Gasteiger partial charge in [0.25, 0.3) is 0 Å². The molecule has 1 aliphatic rings.